The molecule has 1 fully saturated rings. The van der Waals surface area contributed by atoms with E-state index >= 15 is 0 Å². The highest BCUT2D eigenvalue weighted by Gasteiger charge is 2.40. The zero-order chi connectivity index (χ0) is 15.6. The highest BCUT2D eigenvalue weighted by molar-refractivity contribution is 5.95. The molecule has 7 nitrogen and oxygen atoms in total. The molecule has 0 saturated carbocycles. The van der Waals surface area contributed by atoms with Gasteiger partial charge in [-0.25, -0.2) is 4.98 Å². The number of amides is 2. The van der Waals surface area contributed by atoms with E-state index in [1.54, 1.807) is 33.8 Å². The van der Waals surface area contributed by atoms with Crippen molar-refractivity contribution in [2.75, 3.05) is 19.6 Å². The van der Waals surface area contributed by atoms with Crippen molar-refractivity contribution >= 4 is 11.8 Å². The normalized spacial score (nSPS) is 21.6. The molecule has 2 heterocycles. The predicted molar refractivity (Wildman–Crippen MR) is 78.6 cm³/mol. The smallest absolute Gasteiger partial charge is 0.290 e. The Morgan fingerprint density at radius 2 is 2.10 bits per heavy atom. The summed E-state index contributed by atoms with van der Waals surface area (Å²) in [6.45, 7) is 5.52. The largest absolute Gasteiger partial charge is 0.341 e. The van der Waals surface area contributed by atoms with Crippen LogP contribution < -0.4 is 5.73 Å². The van der Waals surface area contributed by atoms with Crippen LogP contribution in [0.15, 0.2) is 12.4 Å². The van der Waals surface area contributed by atoms with Gasteiger partial charge in [0.15, 0.2) is 5.82 Å². The van der Waals surface area contributed by atoms with Crippen LogP contribution in [0.3, 0.4) is 0 Å². The van der Waals surface area contributed by atoms with E-state index in [1.807, 2.05) is 13.8 Å². The zero-order valence-electron chi connectivity index (χ0n) is 12.8. The monoisotopic (exact) mass is 293 g/mol. The number of hydrogen-bond acceptors (Lipinski definition) is 4. The Balaban J connectivity index is 2.23. The molecular weight excluding hydrogens is 270 g/mol. The fourth-order valence-electron chi connectivity index (χ4n) is 2.77. The Bertz CT molecular complexity index is 523. The summed E-state index contributed by atoms with van der Waals surface area (Å²) in [7, 11) is 1.76. The van der Waals surface area contributed by atoms with Crippen molar-refractivity contribution in [3.8, 4) is 0 Å². The number of carbonyl (C=O) groups excluding carboxylic acids is 2. The fraction of sp³-hybridized carbons (Fsp3) is 0.643. The van der Waals surface area contributed by atoms with Gasteiger partial charge in [-0.05, 0) is 20.3 Å². The summed E-state index contributed by atoms with van der Waals surface area (Å²) in [4.78, 5) is 32.5. The van der Waals surface area contributed by atoms with Crippen LogP contribution in [0.4, 0.5) is 0 Å². The maximum atomic E-state index is 12.6. The van der Waals surface area contributed by atoms with Gasteiger partial charge in [0.2, 0.25) is 5.91 Å². The molecule has 2 amide bonds. The van der Waals surface area contributed by atoms with Gasteiger partial charge in [0, 0.05) is 45.1 Å². The van der Waals surface area contributed by atoms with Crippen LogP contribution in [0.2, 0.25) is 0 Å². The molecule has 1 aliphatic rings. The highest BCUT2D eigenvalue weighted by Crippen LogP contribution is 2.21. The van der Waals surface area contributed by atoms with Gasteiger partial charge in [-0.3, -0.25) is 9.59 Å². The van der Waals surface area contributed by atoms with Gasteiger partial charge in [-0.15, -0.1) is 0 Å². The Hall–Kier alpha value is -1.89. The highest BCUT2D eigenvalue weighted by atomic mass is 16.2. The van der Waals surface area contributed by atoms with Gasteiger partial charge in [-0.1, -0.05) is 0 Å². The standard InChI is InChI=1S/C14H23N5O2/c1-4-18(5-2)13(20)11-8-10(15)9-19(11)14(21)12-16-6-7-17(12)3/h6-7,10-11H,4-5,8-9,15H2,1-3H3/t10-,11-/m0/s1. The number of imidazole rings is 1. The lowest BCUT2D eigenvalue weighted by molar-refractivity contribution is -0.134. The summed E-state index contributed by atoms with van der Waals surface area (Å²) in [5.41, 5.74) is 5.97. The summed E-state index contributed by atoms with van der Waals surface area (Å²) in [6.07, 6.45) is 3.79. The van der Waals surface area contributed by atoms with Crippen molar-refractivity contribution in [3.05, 3.63) is 18.2 Å². The molecule has 1 aromatic heterocycles. The first-order valence-corrected chi connectivity index (χ1v) is 7.32. The van der Waals surface area contributed by atoms with Crippen molar-refractivity contribution < 1.29 is 9.59 Å². The molecule has 116 valence electrons. The van der Waals surface area contributed by atoms with Gasteiger partial charge >= 0.3 is 0 Å². The average molecular weight is 293 g/mol. The first-order valence-electron chi connectivity index (χ1n) is 7.32. The second-order valence-electron chi connectivity index (χ2n) is 5.34. The first kappa shape index (κ1) is 15.5. The van der Waals surface area contributed by atoms with Crippen molar-refractivity contribution in [3.63, 3.8) is 0 Å². The average Bonchev–Trinajstić information content (AvgIpc) is 3.05. The van der Waals surface area contributed by atoms with Crippen molar-refractivity contribution in [1.29, 1.82) is 0 Å². The minimum atomic E-state index is -0.482. The number of likely N-dealkylation sites (tertiary alicyclic amines) is 1. The summed E-state index contributed by atoms with van der Waals surface area (Å²) < 4.78 is 1.66. The Kier molecular flexibility index (Phi) is 4.62. The lowest BCUT2D eigenvalue weighted by Gasteiger charge is -2.28. The third kappa shape index (κ3) is 2.92. The van der Waals surface area contributed by atoms with E-state index in [1.165, 1.54) is 0 Å². The molecule has 0 spiro atoms. The molecule has 2 atom stereocenters. The zero-order valence-corrected chi connectivity index (χ0v) is 12.8. The number of aromatic nitrogens is 2. The number of hydrogen-bond donors (Lipinski definition) is 1. The van der Waals surface area contributed by atoms with E-state index in [4.69, 9.17) is 5.73 Å². The van der Waals surface area contributed by atoms with Crippen LogP contribution in [0.1, 0.15) is 30.9 Å². The van der Waals surface area contributed by atoms with E-state index in [9.17, 15) is 9.59 Å². The lowest BCUT2D eigenvalue weighted by Crippen LogP contribution is -2.48. The summed E-state index contributed by atoms with van der Waals surface area (Å²) in [6, 6.07) is -0.650. The molecule has 1 saturated heterocycles. The van der Waals surface area contributed by atoms with Crippen LogP contribution in [-0.2, 0) is 11.8 Å². The maximum Gasteiger partial charge on any atom is 0.290 e. The van der Waals surface area contributed by atoms with E-state index in [0.717, 1.165) is 0 Å². The number of aryl methyl sites for hydroxylation is 1. The van der Waals surface area contributed by atoms with Crippen molar-refractivity contribution in [1.82, 2.24) is 19.4 Å². The number of rotatable bonds is 4. The van der Waals surface area contributed by atoms with E-state index in [2.05, 4.69) is 4.98 Å². The van der Waals surface area contributed by atoms with Gasteiger partial charge in [-0.2, -0.15) is 0 Å². The van der Waals surface area contributed by atoms with E-state index in [-0.39, 0.29) is 17.9 Å². The van der Waals surface area contributed by atoms with Crippen LogP contribution in [0.5, 0.6) is 0 Å². The molecule has 2 rings (SSSR count). The van der Waals surface area contributed by atoms with Gasteiger partial charge in [0.05, 0.1) is 0 Å². The molecule has 0 radical (unpaired) electrons. The summed E-state index contributed by atoms with van der Waals surface area (Å²) in [5.74, 6) is 0.0675. The Labute approximate surface area is 124 Å². The quantitative estimate of drug-likeness (QED) is 0.835. The van der Waals surface area contributed by atoms with E-state index < -0.39 is 6.04 Å². The fourth-order valence-corrected chi connectivity index (χ4v) is 2.77. The SMILES string of the molecule is CCN(CC)C(=O)[C@@H]1C[C@H](N)CN1C(=O)c1nccn1C. The second-order valence-corrected chi connectivity index (χ2v) is 5.34. The van der Waals surface area contributed by atoms with Crippen molar-refractivity contribution in [2.45, 2.75) is 32.4 Å². The molecule has 1 aliphatic heterocycles. The second kappa shape index (κ2) is 6.26. The van der Waals surface area contributed by atoms with Crippen LogP contribution in [0, 0.1) is 0 Å². The number of carbonyl (C=O) groups is 2. The summed E-state index contributed by atoms with van der Waals surface area (Å²) >= 11 is 0. The molecule has 2 N–H and O–H groups in total. The third-order valence-corrected chi connectivity index (χ3v) is 3.97. The van der Waals surface area contributed by atoms with Crippen LogP contribution >= 0.6 is 0 Å². The molecule has 21 heavy (non-hydrogen) atoms. The summed E-state index contributed by atoms with van der Waals surface area (Å²) in [5, 5.41) is 0. The molecule has 0 unspecified atom stereocenters. The molecule has 0 aliphatic carbocycles. The minimum Gasteiger partial charge on any atom is -0.341 e. The number of nitrogens with zero attached hydrogens (tertiary/aromatic N) is 4. The Morgan fingerprint density at radius 1 is 1.43 bits per heavy atom. The van der Waals surface area contributed by atoms with Gasteiger partial charge in [0.1, 0.15) is 6.04 Å². The van der Waals surface area contributed by atoms with Gasteiger partial charge < -0.3 is 20.1 Å². The Morgan fingerprint density at radius 3 is 2.62 bits per heavy atom. The van der Waals surface area contributed by atoms with Crippen LogP contribution in [0.25, 0.3) is 0 Å². The van der Waals surface area contributed by atoms with Gasteiger partial charge in [0.25, 0.3) is 5.91 Å². The topological polar surface area (TPSA) is 84.5 Å². The molecule has 0 bridgehead atoms. The predicted octanol–water partition coefficient (Wildman–Crippen LogP) is -0.170. The number of likely N-dealkylation sites (N-methyl/N-ethyl adjacent to an activating group) is 1. The van der Waals surface area contributed by atoms with Crippen molar-refractivity contribution in [2.24, 2.45) is 12.8 Å². The molecule has 1 aromatic rings. The maximum absolute atomic E-state index is 12.6. The minimum absolute atomic E-state index is 0.0319. The number of nitrogens with two attached hydrogens (primary N) is 1. The third-order valence-electron chi connectivity index (χ3n) is 3.97. The molecular formula is C14H23N5O2. The lowest BCUT2D eigenvalue weighted by atomic mass is 10.1. The molecule has 0 aromatic carbocycles. The molecule has 7 heteroatoms. The van der Waals surface area contributed by atoms with E-state index in [0.29, 0.717) is 31.9 Å². The first-order chi connectivity index (χ1) is 9.99. The van der Waals surface area contributed by atoms with Crippen LogP contribution in [-0.4, -0.2) is 62.9 Å².